The average molecular weight is 372 g/mol. The topological polar surface area (TPSA) is 107 Å². The zero-order valence-corrected chi connectivity index (χ0v) is 14.8. The molecule has 0 aliphatic carbocycles. The summed E-state index contributed by atoms with van der Waals surface area (Å²) < 4.78 is 1.23. The molecule has 0 saturated carbocycles. The first-order chi connectivity index (χ1) is 13.4. The Morgan fingerprint density at radius 2 is 1.93 bits per heavy atom. The first-order valence-corrected chi connectivity index (χ1v) is 8.49. The number of rotatable bonds is 3. The van der Waals surface area contributed by atoms with Gasteiger partial charge in [-0.25, -0.2) is 9.67 Å². The maximum Gasteiger partial charge on any atom is 0.278 e. The monoisotopic (exact) mass is 372 g/mol. The van der Waals surface area contributed by atoms with Crippen molar-refractivity contribution < 1.29 is 14.7 Å². The molecule has 1 aliphatic heterocycles. The van der Waals surface area contributed by atoms with E-state index in [-0.39, 0.29) is 5.56 Å². The van der Waals surface area contributed by atoms with Crippen LogP contribution in [0.4, 0.5) is 0 Å². The Morgan fingerprint density at radius 1 is 1.14 bits per heavy atom. The number of H-pyrrole nitrogens is 1. The van der Waals surface area contributed by atoms with Crippen molar-refractivity contribution in [1.82, 2.24) is 9.78 Å². The number of benzene rings is 2. The Kier molecular flexibility index (Phi) is 4.12. The molecule has 0 radical (unpaired) electrons. The largest absolute Gasteiger partial charge is 0.545 e. The van der Waals surface area contributed by atoms with Crippen molar-refractivity contribution in [3.63, 3.8) is 0 Å². The van der Waals surface area contributed by atoms with E-state index in [9.17, 15) is 19.5 Å². The summed E-state index contributed by atoms with van der Waals surface area (Å²) in [7, 11) is 0. The number of nitrogens with one attached hydrogen (secondary N) is 1. The molecule has 0 bridgehead atoms. The molecule has 1 aliphatic rings. The maximum absolute atomic E-state index is 12.9. The number of amides is 1. The van der Waals surface area contributed by atoms with Crippen LogP contribution in [0.15, 0.2) is 63.9 Å². The van der Waals surface area contributed by atoms with Crippen LogP contribution in [0.5, 0.6) is 0 Å². The van der Waals surface area contributed by atoms with Gasteiger partial charge in [0, 0.05) is 16.5 Å². The molecule has 4 rings (SSSR count). The number of hydrogen-bond donors (Lipinski definition) is 1. The molecule has 7 nitrogen and oxygen atoms in total. The van der Waals surface area contributed by atoms with Crippen LogP contribution >= 0.6 is 0 Å². The van der Waals surface area contributed by atoms with Crippen molar-refractivity contribution in [3.05, 3.63) is 91.9 Å². The van der Waals surface area contributed by atoms with Crippen LogP contribution < -0.4 is 21.2 Å². The highest BCUT2D eigenvalue weighted by Gasteiger charge is 2.15. The highest BCUT2D eigenvalue weighted by atomic mass is 16.4. The number of aromatic nitrogens is 2. The van der Waals surface area contributed by atoms with Gasteiger partial charge in [0.2, 0.25) is 0 Å². The molecule has 3 aromatic rings. The molecule has 0 spiro atoms. The number of carbonyl (C=O) groups excluding carboxylic acids is 2. The lowest BCUT2D eigenvalue weighted by molar-refractivity contribution is -0.255. The lowest BCUT2D eigenvalue weighted by atomic mass is 10.1. The van der Waals surface area contributed by atoms with Gasteiger partial charge < -0.3 is 9.90 Å². The predicted octanol–water partition coefficient (Wildman–Crippen LogP) is -0.139. The van der Waals surface area contributed by atoms with Gasteiger partial charge in [-0.1, -0.05) is 30.3 Å². The second kappa shape index (κ2) is 6.62. The third-order valence-corrected chi connectivity index (χ3v) is 4.47. The number of aromatic amines is 1. The van der Waals surface area contributed by atoms with Gasteiger partial charge in [-0.2, -0.15) is 0 Å². The van der Waals surface area contributed by atoms with Crippen LogP contribution in [-0.2, 0) is 4.79 Å². The third-order valence-electron chi connectivity index (χ3n) is 4.47. The molecule has 1 aromatic heterocycles. The number of carboxylic acids is 1. The van der Waals surface area contributed by atoms with Gasteiger partial charge in [0.1, 0.15) is 0 Å². The number of aryl methyl sites for hydroxylation is 1. The molecule has 0 saturated heterocycles. The van der Waals surface area contributed by atoms with Crippen molar-refractivity contribution in [2.75, 3.05) is 0 Å². The van der Waals surface area contributed by atoms with Crippen LogP contribution in [-0.4, -0.2) is 21.7 Å². The van der Waals surface area contributed by atoms with Gasteiger partial charge in [0.05, 0.1) is 22.6 Å². The van der Waals surface area contributed by atoms with Crippen LogP contribution in [0.1, 0.15) is 21.6 Å². The predicted molar refractivity (Wildman–Crippen MR) is 100 cm³/mol. The number of carbonyl (C=O) groups is 2. The lowest BCUT2D eigenvalue weighted by Gasteiger charge is -2.06. The standard InChI is InChI=1S/C21H15N3O4/c1-12-17(11-15-9-13-5-2-3-8-18(13)22-19(15)25)20(26)24(23-12)16-7-4-6-14(10-16)21(27)28/h2-11,23H,1H3,(H,27,28)/p-1. The minimum atomic E-state index is -1.33. The molecule has 0 fully saturated rings. The highest BCUT2D eigenvalue weighted by molar-refractivity contribution is 6.07. The molecular formula is C21H14N3O4-. The van der Waals surface area contributed by atoms with Crippen molar-refractivity contribution in [3.8, 4) is 5.69 Å². The molecule has 1 N–H and O–H groups in total. The number of aromatic carboxylic acids is 1. The number of hydrogen-bond acceptors (Lipinski definition) is 4. The van der Waals surface area contributed by atoms with E-state index >= 15 is 0 Å². The minimum absolute atomic E-state index is 0.0391. The summed E-state index contributed by atoms with van der Waals surface area (Å²) in [5.74, 6) is -1.76. The summed E-state index contributed by atoms with van der Waals surface area (Å²) in [4.78, 5) is 40.3. The molecule has 7 heteroatoms. The zero-order chi connectivity index (χ0) is 19.8. The van der Waals surface area contributed by atoms with Gasteiger partial charge >= 0.3 is 0 Å². The summed E-state index contributed by atoms with van der Waals surface area (Å²) in [6.45, 7) is 1.70. The fourth-order valence-corrected chi connectivity index (χ4v) is 3.06. The summed E-state index contributed by atoms with van der Waals surface area (Å²) in [6.07, 6.45) is 3.19. The lowest BCUT2D eigenvalue weighted by Crippen LogP contribution is -2.30. The first kappa shape index (κ1) is 17.4. The molecule has 138 valence electrons. The second-order valence-electron chi connectivity index (χ2n) is 6.35. The summed E-state index contributed by atoms with van der Waals surface area (Å²) >= 11 is 0. The molecule has 1 amide bonds. The van der Waals surface area contributed by atoms with Gasteiger partial charge in [-0.05, 0) is 42.8 Å². The second-order valence-corrected chi connectivity index (χ2v) is 6.35. The molecular weight excluding hydrogens is 358 g/mol. The first-order valence-electron chi connectivity index (χ1n) is 8.49. The minimum Gasteiger partial charge on any atom is -0.545 e. The summed E-state index contributed by atoms with van der Waals surface area (Å²) in [6, 6.07) is 13.1. The Balaban J connectivity index is 1.83. The Morgan fingerprint density at radius 3 is 2.71 bits per heavy atom. The van der Waals surface area contributed by atoms with Gasteiger partial charge in [-0.15, -0.1) is 0 Å². The summed E-state index contributed by atoms with van der Waals surface area (Å²) in [5, 5.41) is 15.4. The van der Waals surface area contributed by atoms with E-state index in [2.05, 4.69) is 10.1 Å². The normalized spacial score (nSPS) is 14.3. The molecule has 2 heterocycles. The third kappa shape index (κ3) is 2.99. The Hall–Kier alpha value is -4.00. The van der Waals surface area contributed by atoms with E-state index in [0.717, 1.165) is 5.22 Å². The molecule has 28 heavy (non-hydrogen) atoms. The smallest absolute Gasteiger partial charge is 0.278 e. The van der Waals surface area contributed by atoms with Gasteiger partial charge in [0.25, 0.3) is 11.5 Å². The SMILES string of the molecule is Cc1[nH]n(-c2cccc(C(=O)[O-])c2)c(=O)c1C=C1C=c2ccccc2=NC1=O. The maximum atomic E-state index is 12.9. The van der Waals surface area contributed by atoms with Gasteiger partial charge in [0.15, 0.2) is 0 Å². The highest BCUT2D eigenvalue weighted by Crippen LogP contribution is 2.14. The van der Waals surface area contributed by atoms with Crippen molar-refractivity contribution in [2.45, 2.75) is 6.92 Å². The Labute approximate surface area is 158 Å². The van der Waals surface area contributed by atoms with E-state index in [1.54, 1.807) is 31.2 Å². The zero-order valence-electron chi connectivity index (χ0n) is 14.8. The van der Waals surface area contributed by atoms with E-state index in [4.69, 9.17) is 0 Å². The van der Waals surface area contributed by atoms with Crippen LogP contribution in [0.25, 0.3) is 17.8 Å². The van der Waals surface area contributed by atoms with Crippen molar-refractivity contribution in [2.24, 2.45) is 4.99 Å². The van der Waals surface area contributed by atoms with Crippen molar-refractivity contribution in [1.29, 1.82) is 0 Å². The summed E-state index contributed by atoms with van der Waals surface area (Å²) in [5.41, 5.74) is 1.05. The fourth-order valence-electron chi connectivity index (χ4n) is 3.06. The average Bonchev–Trinajstić information content (AvgIpc) is 2.97. The number of nitrogens with zero attached hydrogens (tertiary/aromatic N) is 2. The number of fused-ring (bicyclic) bond motifs is 1. The van der Waals surface area contributed by atoms with Crippen molar-refractivity contribution >= 4 is 24.0 Å². The van der Waals surface area contributed by atoms with E-state index in [1.165, 1.54) is 29.0 Å². The Bertz CT molecular complexity index is 1340. The van der Waals surface area contributed by atoms with Crippen LogP contribution in [0.2, 0.25) is 0 Å². The number of para-hydroxylation sites is 1. The molecule has 0 atom stereocenters. The fraction of sp³-hybridized carbons (Fsp3) is 0.0476. The van der Waals surface area contributed by atoms with Gasteiger partial charge in [-0.3, -0.25) is 14.7 Å². The number of carboxylic acid groups (broad SMARTS) is 1. The van der Waals surface area contributed by atoms with E-state index < -0.39 is 17.4 Å². The molecule has 0 unspecified atom stereocenters. The van der Waals surface area contributed by atoms with Crippen LogP contribution in [0, 0.1) is 6.92 Å². The molecule has 2 aromatic carbocycles. The quantitative estimate of drug-likeness (QED) is 0.646. The van der Waals surface area contributed by atoms with Crippen LogP contribution in [0.3, 0.4) is 0 Å². The van der Waals surface area contributed by atoms with E-state index in [0.29, 0.717) is 27.9 Å². The van der Waals surface area contributed by atoms with E-state index in [1.807, 2.05) is 12.1 Å².